The SMILES string of the molecule is N[C@@H]1C[C@H](CO)[C@@H](O[S-](#P)I)C1. The van der Waals surface area contributed by atoms with Crippen LogP contribution in [0.3, 0.4) is 0 Å². The van der Waals surface area contributed by atoms with Gasteiger partial charge in [0.2, 0.25) is 0 Å². The molecule has 1 aliphatic rings. The van der Waals surface area contributed by atoms with Crippen LogP contribution in [0.1, 0.15) is 12.8 Å². The van der Waals surface area contributed by atoms with Gasteiger partial charge in [-0.25, -0.2) is 0 Å². The molecule has 0 aliphatic heterocycles. The Kier molecular flexibility index (Phi) is 5.08. The summed E-state index contributed by atoms with van der Waals surface area (Å²) in [6.07, 6.45) is 1.81. The van der Waals surface area contributed by atoms with Crippen LogP contribution in [0.25, 0.3) is 0 Å². The van der Waals surface area contributed by atoms with Gasteiger partial charge in [0.15, 0.2) is 0 Å². The molecular formula is C6H12INO2PS-. The van der Waals surface area contributed by atoms with Crippen molar-refractivity contribution < 1.29 is 9.29 Å². The number of halogens is 1. The van der Waals surface area contributed by atoms with Gasteiger partial charge in [-0.15, -0.1) is 0 Å². The molecule has 0 aromatic carbocycles. The van der Waals surface area contributed by atoms with Gasteiger partial charge in [-0.1, -0.05) is 0 Å². The van der Waals surface area contributed by atoms with E-state index >= 15 is 0 Å². The molecule has 1 rings (SSSR count). The molecule has 0 radical (unpaired) electrons. The monoisotopic (exact) mass is 320 g/mol. The second-order valence-corrected chi connectivity index (χ2v) is 9.11. The Morgan fingerprint density at radius 3 is 2.83 bits per heavy atom. The summed E-state index contributed by atoms with van der Waals surface area (Å²) in [5.74, 6) is 0.205. The van der Waals surface area contributed by atoms with Gasteiger partial charge in [-0.05, 0) is 0 Å². The van der Waals surface area contributed by atoms with Gasteiger partial charge in [0.05, 0.1) is 0 Å². The minimum absolute atomic E-state index is 0.0998. The maximum atomic E-state index is 9.01. The first kappa shape index (κ1) is 11.5. The molecule has 1 saturated carbocycles. The van der Waals surface area contributed by atoms with E-state index < -0.39 is 0 Å². The molecule has 0 aromatic heterocycles. The molecule has 72 valence electrons. The molecule has 3 nitrogen and oxygen atoms in total. The molecule has 3 N–H and O–H groups in total. The van der Waals surface area contributed by atoms with E-state index in [0.717, 1.165) is 12.8 Å². The van der Waals surface area contributed by atoms with Gasteiger partial charge in [-0.2, -0.15) is 0 Å². The fourth-order valence-corrected chi connectivity index (χ4v) is 3.11. The molecule has 1 fully saturated rings. The summed E-state index contributed by atoms with van der Waals surface area (Å²) in [6, 6.07) is 0.181. The van der Waals surface area contributed by atoms with Crippen LogP contribution < -0.4 is 5.73 Å². The van der Waals surface area contributed by atoms with Gasteiger partial charge in [0, 0.05) is 0 Å². The molecule has 0 amide bonds. The van der Waals surface area contributed by atoms with E-state index in [1.165, 1.54) is 0 Å². The fraction of sp³-hybridized carbons (Fsp3) is 1.00. The molecule has 0 aromatic rings. The third-order valence-corrected chi connectivity index (χ3v) is 3.39. The Balaban J connectivity index is 2.47. The van der Waals surface area contributed by atoms with Crippen molar-refractivity contribution in [2.75, 3.05) is 6.61 Å². The van der Waals surface area contributed by atoms with Crippen LogP contribution in [0, 0.1) is 5.92 Å². The third-order valence-electron chi connectivity index (χ3n) is 2.10. The molecule has 1 aliphatic carbocycles. The molecule has 0 saturated heterocycles. The zero-order chi connectivity index (χ0) is 9.14. The Morgan fingerprint density at radius 2 is 2.33 bits per heavy atom. The Labute approximate surface area is 88.6 Å². The molecule has 0 spiro atoms. The van der Waals surface area contributed by atoms with Gasteiger partial charge in [0.25, 0.3) is 0 Å². The summed E-state index contributed by atoms with van der Waals surface area (Å²) >= 11 is 2.11. The number of hydrogen-bond acceptors (Lipinski definition) is 4. The summed E-state index contributed by atoms with van der Waals surface area (Å²) in [4.78, 5) is 0. The Morgan fingerprint density at radius 1 is 1.67 bits per heavy atom. The van der Waals surface area contributed by atoms with Gasteiger partial charge >= 0.3 is 88.9 Å². The van der Waals surface area contributed by atoms with Gasteiger partial charge in [0.1, 0.15) is 0 Å². The first-order chi connectivity index (χ1) is 5.63. The van der Waals surface area contributed by atoms with Crippen LogP contribution in [-0.4, -0.2) is 23.9 Å². The summed E-state index contributed by atoms with van der Waals surface area (Å²) in [7, 11) is 3.81. The van der Waals surface area contributed by atoms with Crippen molar-refractivity contribution in [3.8, 4) is 0 Å². The zero-order valence-electron chi connectivity index (χ0n) is 6.52. The molecule has 3 atom stereocenters. The summed E-state index contributed by atoms with van der Waals surface area (Å²) in [5, 5.41) is 9.01. The van der Waals surface area contributed by atoms with Gasteiger partial charge < -0.3 is 0 Å². The van der Waals surface area contributed by atoms with E-state index in [1.54, 1.807) is 0 Å². The van der Waals surface area contributed by atoms with Crippen LogP contribution in [-0.2, 0) is 11.5 Å². The molecule has 0 bridgehead atoms. The average Bonchev–Trinajstić information content (AvgIpc) is 2.29. The second kappa shape index (κ2) is 5.32. The van der Waals surface area contributed by atoms with Crippen LogP contribution >= 0.6 is 29.0 Å². The normalized spacial score (nSPS) is 36.1. The molecular weight excluding hydrogens is 308 g/mol. The topological polar surface area (TPSA) is 55.5 Å². The van der Waals surface area contributed by atoms with Crippen molar-refractivity contribution in [1.82, 2.24) is 0 Å². The van der Waals surface area contributed by atoms with Crippen molar-refractivity contribution in [3.05, 3.63) is 0 Å². The third kappa shape index (κ3) is 3.27. The number of aliphatic hydroxyl groups excluding tert-OH is 1. The quantitative estimate of drug-likeness (QED) is 0.458. The Bertz CT molecular complexity index is 219. The molecule has 0 unspecified atom stereocenters. The van der Waals surface area contributed by atoms with Crippen molar-refractivity contribution in [2.45, 2.75) is 25.0 Å². The molecule has 0 heterocycles. The number of nitrogens with two attached hydrogens (primary N) is 1. The van der Waals surface area contributed by atoms with Crippen molar-refractivity contribution in [2.24, 2.45) is 11.7 Å². The van der Waals surface area contributed by atoms with Gasteiger partial charge in [-0.3, -0.25) is 0 Å². The fourth-order valence-electron chi connectivity index (χ4n) is 1.54. The van der Waals surface area contributed by atoms with Crippen LogP contribution in [0.5, 0.6) is 0 Å². The average molecular weight is 320 g/mol. The first-order valence-electron chi connectivity index (χ1n) is 3.76. The number of aliphatic hydroxyl groups is 1. The van der Waals surface area contributed by atoms with E-state index in [4.69, 9.17) is 15.0 Å². The summed E-state index contributed by atoms with van der Waals surface area (Å²) < 4.78 is 5.52. The van der Waals surface area contributed by atoms with E-state index in [2.05, 4.69) is 29.0 Å². The summed E-state index contributed by atoms with van der Waals surface area (Å²) in [6.45, 7) is 0.167. The number of hydrogen-bond donors (Lipinski definition) is 2. The molecule has 12 heavy (non-hydrogen) atoms. The summed E-state index contributed by atoms with van der Waals surface area (Å²) in [5.41, 5.74) is 5.75. The maximum absolute atomic E-state index is 9.01. The van der Waals surface area contributed by atoms with Crippen molar-refractivity contribution in [3.63, 3.8) is 0 Å². The van der Waals surface area contributed by atoms with Crippen molar-refractivity contribution in [1.29, 1.82) is 0 Å². The standard InChI is InChI=1S/C6H12INO2PS/c7-12(11)10-6-2-5(8)1-4(6)3-9/h4-6,9H,1-3,8H2/q-1/t4-,5-,6+/m1/s1. The first-order valence-corrected chi connectivity index (χ1v) is 8.51. The predicted molar refractivity (Wildman–Crippen MR) is 61.0 cm³/mol. The van der Waals surface area contributed by atoms with E-state index in [-0.39, 0.29) is 32.0 Å². The zero-order valence-corrected chi connectivity index (χ0v) is 10.4. The Hall–Kier alpha value is 1.39. The minimum atomic E-state index is -0.345. The van der Waals surface area contributed by atoms with Crippen LogP contribution in [0.4, 0.5) is 0 Å². The van der Waals surface area contributed by atoms with Crippen molar-refractivity contribution >= 4 is 36.3 Å². The van der Waals surface area contributed by atoms with Crippen LogP contribution in [0.15, 0.2) is 0 Å². The second-order valence-electron chi connectivity index (χ2n) is 3.02. The number of rotatable bonds is 2. The molecule has 6 heteroatoms. The van der Waals surface area contributed by atoms with E-state index in [0.29, 0.717) is 0 Å². The predicted octanol–water partition coefficient (Wildman–Crippen LogP) is 1.31. The van der Waals surface area contributed by atoms with E-state index in [1.807, 2.05) is 0 Å². The van der Waals surface area contributed by atoms with E-state index in [9.17, 15) is 0 Å². The van der Waals surface area contributed by atoms with Crippen LogP contribution in [0.2, 0.25) is 0 Å².